The van der Waals surface area contributed by atoms with Crippen molar-refractivity contribution in [3.63, 3.8) is 0 Å². The number of rotatable bonds is 7. The van der Waals surface area contributed by atoms with Gasteiger partial charge in [-0.1, -0.05) is 19.3 Å². The molecule has 0 amide bonds. The minimum absolute atomic E-state index is 0. The van der Waals surface area contributed by atoms with Crippen LogP contribution in [0.5, 0.6) is 0 Å². The Bertz CT molecular complexity index is 813. The summed E-state index contributed by atoms with van der Waals surface area (Å²) in [7, 11) is -0.941. The molecule has 1 aromatic rings. The molecule has 2 N–H and O–H groups in total. The number of aromatic nitrogens is 3. The molecule has 0 bridgehead atoms. The molecule has 1 aromatic heterocycles. The number of nitrogens with zero attached hydrogens (tertiary/aromatic N) is 5. The summed E-state index contributed by atoms with van der Waals surface area (Å²) >= 11 is 0. The molecule has 0 aromatic carbocycles. The molecule has 0 unspecified atom stereocenters. The van der Waals surface area contributed by atoms with Gasteiger partial charge in [0.1, 0.15) is 22.2 Å². The van der Waals surface area contributed by atoms with E-state index in [2.05, 4.69) is 25.7 Å². The second-order valence-corrected chi connectivity index (χ2v) is 11.0. The standard InChI is InChI=1S/C20H37N7O2S.HI/c1-16-24-25-19(26(16)2)15-21-20(22-17-7-5-4-6-8-17)23-18-9-11-27(12-10-18)13-14-30(3,28)29;/h17-18H,4-15H2,1-3H3,(H2,21,22,23);1H. The van der Waals surface area contributed by atoms with Crippen LogP contribution in [-0.4, -0.2) is 77.8 Å². The summed E-state index contributed by atoms with van der Waals surface area (Å²) in [5.74, 6) is 2.83. The highest BCUT2D eigenvalue weighted by molar-refractivity contribution is 14.0. The molecule has 9 nitrogen and oxygen atoms in total. The molecule has 11 heteroatoms. The summed E-state index contributed by atoms with van der Waals surface area (Å²) in [4.78, 5) is 7.07. The molecule has 2 heterocycles. The molecule has 31 heavy (non-hydrogen) atoms. The maximum atomic E-state index is 11.4. The number of guanidine groups is 1. The van der Waals surface area contributed by atoms with Gasteiger partial charge >= 0.3 is 0 Å². The third-order valence-electron chi connectivity index (χ3n) is 6.21. The molecule has 3 rings (SSSR count). The first-order valence-electron chi connectivity index (χ1n) is 11.1. The van der Waals surface area contributed by atoms with Gasteiger partial charge < -0.3 is 20.1 Å². The second-order valence-electron chi connectivity index (χ2n) is 8.76. The van der Waals surface area contributed by atoms with Crippen molar-refractivity contribution in [3.8, 4) is 0 Å². The van der Waals surface area contributed by atoms with Crippen LogP contribution < -0.4 is 10.6 Å². The number of hydrogen-bond donors (Lipinski definition) is 2. The first-order valence-corrected chi connectivity index (χ1v) is 13.2. The van der Waals surface area contributed by atoms with E-state index in [1.807, 2.05) is 18.5 Å². The first kappa shape index (κ1) is 26.3. The molecule has 0 spiro atoms. The predicted molar refractivity (Wildman–Crippen MR) is 135 cm³/mol. The van der Waals surface area contributed by atoms with Crippen LogP contribution >= 0.6 is 24.0 Å². The highest BCUT2D eigenvalue weighted by atomic mass is 127. The van der Waals surface area contributed by atoms with E-state index in [1.165, 1.54) is 38.4 Å². The second kappa shape index (κ2) is 12.3. The molecule has 1 aliphatic heterocycles. The maximum absolute atomic E-state index is 11.4. The minimum Gasteiger partial charge on any atom is -0.354 e. The molecule has 2 aliphatic rings. The largest absolute Gasteiger partial charge is 0.354 e. The monoisotopic (exact) mass is 567 g/mol. The van der Waals surface area contributed by atoms with Gasteiger partial charge in [0, 0.05) is 45.0 Å². The number of nitrogens with one attached hydrogen (secondary N) is 2. The molecule has 1 aliphatic carbocycles. The van der Waals surface area contributed by atoms with Crippen LogP contribution in [0.1, 0.15) is 56.6 Å². The lowest BCUT2D eigenvalue weighted by molar-refractivity contribution is 0.216. The molecular weight excluding hydrogens is 529 g/mol. The average Bonchev–Trinajstić information content (AvgIpc) is 3.04. The Labute approximate surface area is 203 Å². The van der Waals surface area contributed by atoms with Gasteiger partial charge in [-0.05, 0) is 32.6 Å². The number of sulfone groups is 1. The Morgan fingerprint density at radius 2 is 1.68 bits per heavy atom. The van der Waals surface area contributed by atoms with Crippen LogP contribution in [0.15, 0.2) is 4.99 Å². The van der Waals surface area contributed by atoms with Crippen molar-refractivity contribution in [2.75, 3.05) is 31.6 Å². The first-order chi connectivity index (χ1) is 14.3. The van der Waals surface area contributed by atoms with Gasteiger partial charge in [0.05, 0.1) is 5.75 Å². The predicted octanol–water partition coefficient (Wildman–Crippen LogP) is 1.62. The maximum Gasteiger partial charge on any atom is 0.192 e. The Morgan fingerprint density at radius 1 is 1.06 bits per heavy atom. The van der Waals surface area contributed by atoms with Crippen LogP contribution in [0.4, 0.5) is 0 Å². The fourth-order valence-electron chi connectivity index (χ4n) is 4.10. The van der Waals surface area contributed by atoms with Crippen molar-refractivity contribution < 1.29 is 8.42 Å². The number of aliphatic imine (C=N–C) groups is 1. The van der Waals surface area contributed by atoms with Gasteiger partial charge in [0.2, 0.25) is 0 Å². The summed E-state index contributed by atoms with van der Waals surface area (Å²) in [6, 6.07) is 0.816. The van der Waals surface area contributed by atoms with Gasteiger partial charge in [-0.15, -0.1) is 34.2 Å². The third kappa shape index (κ3) is 8.83. The SMILES string of the molecule is Cc1nnc(CN=C(NC2CCCCC2)NC2CCN(CCS(C)(=O)=O)CC2)n1C.I. The average molecular weight is 568 g/mol. The molecule has 2 fully saturated rings. The van der Waals surface area contributed by atoms with E-state index < -0.39 is 9.84 Å². The lowest BCUT2D eigenvalue weighted by Gasteiger charge is -2.34. The molecule has 1 saturated carbocycles. The Hall–Kier alpha value is -0.950. The summed E-state index contributed by atoms with van der Waals surface area (Å²) in [5, 5.41) is 15.6. The molecule has 1 saturated heterocycles. The zero-order valence-corrected chi connectivity index (χ0v) is 22.2. The summed E-state index contributed by atoms with van der Waals surface area (Å²) in [6.45, 7) is 4.88. The van der Waals surface area contributed by atoms with Crippen LogP contribution in [0, 0.1) is 6.92 Å². The quantitative estimate of drug-likeness (QED) is 0.293. The van der Waals surface area contributed by atoms with Gasteiger partial charge in [-0.2, -0.15) is 0 Å². The fourth-order valence-corrected chi connectivity index (χ4v) is 4.69. The van der Waals surface area contributed by atoms with Crippen LogP contribution in [0.25, 0.3) is 0 Å². The lowest BCUT2D eigenvalue weighted by atomic mass is 9.95. The van der Waals surface area contributed by atoms with E-state index in [1.54, 1.807) is 0 Å². The van der Waals surface area contributed by atoms with Gasteiger partial charge in [-0.25, -0.2) is 13.4 Å². The Kier molecular flexibility index (Phi) is 10.5. The Balaban J connectivity index is 0.00000341. The number of piperidine rings is 1. The zero-order valence-electron chi connectivity index (χ0n) is 19.0. The normalized spacial score (nSPS) is 19.8. The van der Waals surface area contributed by atoms with E-state index in [-0.39, 0.29) is 29.7 Å². The van der Waals surface area contributed by atoms with Crippen LogP contribution in [0.2, 0.25) is 0 Å². The van der Waals surface area contributed by atoms with E-state index in [4.69, 9.17) is 4.99 Å². The highest BCUT2D eigenvalue weighted by Gasteiger charge is 2.22. The van der Waals surface area contributed by atoms with Crippen molar-refractivity contribution >= 4 is 39.8 Å². The fraction of sp³-hybridized carbons (Fsp3) is 0.850. The van der Waals surface area contributed by atoms with Crippen molar-refractivity contribution in [1.82, 2.24) is 30.3 Å². The topological polar surface area (TPSA) is 105 Å². The molecule has 0 radical (unpaired) electrons. The molecular formula is C20H38IN7O2S. The van der Waals surface area contributed by atoms with Gasteiger partial charge in [-0.3, -0.25) is 0 Å². The minimum atomic E-state index is -2.91. The van der Waals surface area contributed by atoms with E-state index in [0.29, 0.717) is 25.2 Å². The van der Waals surface area contributed by atoms with Gasteiger partial charge in [0.15, 0.2) is 11.8 Å². The highest BCUT2D eigenvalue weighted by Crippen LogP contribution is 2.17. The summed E-state index contributed by atoms with van der Waals surface area (Å²) in [5.41, 5.74) is 0. The van der Waals surface area contributed by atoms with E-state index >= 15 is 0 Å². The summed E-state index contributed by atoms with van der Waals surface area (Å²) < 4.78 is 24.8. The molecule has 178 valence electrons. The van der Waals surface area contributed by atoms with Crippen molar-refractivity contribution in [3.05, 3.63) is 11.6 Å². The number of likely N-dealkylation sites (tertiary alicyclic amines) is 1. The zero-order chi connectivity index (χ0) is 21.6. The van der Waals surface area contributed by atoms with Crippen LogP contribution in [-0.2, 0) is 23.4 Å². The van der Waals surface area contributed by atoms with Crippen molar-refractivity contribution in [1.29, 1.82) is 0 Å². The lowest BCUT2D eigenvalue weighted by Crippen LogP contribution is -2.51. The number of hydrogen-bond acceptors (Lipinski definition) is 6. The van der Waals surface area contributed by atoms with Crippen LogP contribution in [0.3, 0.4) is 0 Å². The van der Waals surface area contributed by atoms with Crippen molar-refractivity contribution in [2.45, 2.75) is 70.5 Å². The van der Waals surface area contributed by atoms with E-state index in [0.717, 1.165) is 43.5 Å². The number of aryl methyl sites for hydroxylation is 1. The Morgan fingerprint density at radius 3 is 2.23 bits per heavy atom. The molecule has 0 atom stereocenters. The summed E-state index contributed by atoms with van der Waals surface area (Å²) in [6.07, 6.45) is 9.51. The van der Waals surface area contributed by atoms with E-state index in [9.17, 15) is 8.42 Å². The number of halogens is 1. The van der Waals surface area contributed by atoms with Crippen molar-refractivity contribution in [2.24, 2.45) is 12.0 Å². The smallest absolute Gasteiger partial charge is 0.192 e. The van der Waals surface area contributed by atoms with Gasteiger partial charge in [0.25, 0.3) is 0 Å². The third-order valence-corrected chi connectivity index (χ3v) is 7.14.